The number of ether oxygens (including phenoxy) is 1. The third kappa shape index (κ3) is 4.47. The first-order valence-electron chi connectivity index (χ1n) is 7.18. The number of rotatable bonds is 5. The van der Waals surface area contributed by atoms with Crippen LogP contribution in [-0.2, 0) is 4.79 Å². The monoisotopic (exact) mass is 386 g/mol. The highest BCUT2D eigenvalue weighted by molar-refractivity contribution is 6.44. The van der Waals surface area contributed by atoms with E-state index in [0.717, 1.165) is 11.3 Å². The van der Waals surface area contributed by atoms with Crippen molar-refractivity contribution in [3.63, 3.8) is 0 Å². The molecule has 128 valence electrons. The molecule has 0 aliphatic rings. The lowest BCUT2D eigenvalue weighted by Gasteiger charge is -2.18. The van der Waals surface area contributed by atoms with Crippen molar-refractivity contribution >= 4 is 52.1 Å². The molecule has 0 bridgehead atoms. The molecule has 7 heteroatoms. The van der Waals surface area contributed by atoms with Crippen LogP contribution in [0.2, 0.25) is 15.1 Å². The Morgan fingerprint density at radius 3 is 2.38 bits per heavy atom. The van der Waals surface area contributed by atoms with Gasteiger partial charge in [0.25, 0.3) is 0 Å². The summed E-state index contributed by atoms with van der Waals surface area (Å²) in [5.74, 6) is 0.395. The number of anilines is 2. The molecule has 1 atom stereocenters. The second kappa shape index (κ2) is 7.97. The number of amides is 1. The average molecular weight is 388 g/mol. The number of methoxy groups -OCH3 is 1. The van der Waals surface area contributed by atoms with Crippen molar-refractivity contribution in [3.8, 4) is 5.75 Å². The maximum absolute atomic E-state index is 12.4. The molecular weight excluding hydrogens is 371 g/mol. The van der Waals surface area contributed by atoms with Gasteiger partial charge in [-0.05, 0) is 43.7 Å². The fraction of sp³-hybridized carbons (Fsp3) is 0.235. The van der Waals surface area contributed by atoms with E-state index in [2.05, 4.69) is 10.6 Å². The maximum Gasteiger partial charge on any atom is 0.246 e. The van der Waals surface area contributed by atoms with E-state index in [4.69, 9.17) is 39.5 Å². The fourth-order valence-corrected chi connectivity index (χ4v) is 2.69. The highest BCUT2D eigenvalue weighted by Gasteiger charge is 2.17. The van der Waals surface area contributed by atoms with Gasteiger partial charge in [-0.1, -0.05) is 40.9 Å². The first kappa shape index (κ1) is 18.7. The lowest BCUT2D eigenvalue weighted by Crippen LogP contribution is -2.32. The Hall–Kier alpha value is -1.62. The van der Waals surface area contributed by atoms with Crippen LogP contribution in [0.4, 0.5) is 11.4 Å². The topological polar surface area (TPSA) is 50.4 Å². The normalized spacial score (nSPS) is 11.8. The third-order valence-electron chi connectivity index (χ3n) is 3.39. The van der Waals surface area contributed by atoms with Crippen LogP contribution in [0, 0.1) is 6.92 Å². The Labute approximate surface area is 156 Å². The zero-order valence-electron chi connectivity index (χ0n) is 13.4. The van der Waals surface area contributed by atoms with Crippen LogP contribution in [0.3, 0.4) is 0 Å². The van der Waals surface area contributed by atoms with Gasteiger partial charge in [0.2, 0.25) is 5.91 Å². The van der Waals surface area contributed by atoms with Gasteiger partial charge in [-0.15, -0.1) is 0 Å². The van der Waals surface area contributed by atoms with E-state index in [9.17, 15) is 4.79 Å². The number of hydrogen-bond donors (Lipinski definition) is 2. The molecule has 0 radical (unpaired) electrons. The lowest BCUT2D eigenvalue weighted by atomic mass is 10.2. The summed E-state index contributed by atoms with van der Waals surface area (Å²) in [5, 5.41) is 6.83. The molecule has 0 saturated carbocycles. The van der Waals surface area contributed by atoms with Crippen LogP contribution >= 0.6 is 34.8 Å². The minimum Gasteiger partial charge on any atom is -0.495 e. The van der Waals surface area contributed by atoms with Crippen LogP contribution in [0.15, 0.2) is 30.3 Å². The highest BCUT2D eigenvalue weighted by Crippen LogP contribution is 2.32. The van der Waals surface area contributed by atoms with Crippen molar-refractivity contribution in [1.29, 1.82) is 0 Å². The largest absolute Gasteiger partial charge is 0.495 e. The van der Waals surface area contributed by atoms with Gasteiger partial charge in [-0.2, -0.15) is 0 Å². The second-order valence-electron chi connectivity index (χ2n) is 5.31. The number of aryl methyl sites for hydroxylation is 1. The molecular formula is C17H17Cl3N2O2. The summed E-state index contributed by atoms with van der Waals surface area (Å²) in [6, 6.07) is 8.18. The van der Waals surface area contributed by atoms with Crippen molar-refractivity contribution in [2.75, 3.05) is 17.7 Å². The SMILES string of the molecule is COc1ccc(C)cc1N[C@H](C)C(=O)Nc1cc(Cl)c(Cl)cc1Cl. The van der Waals surface area contributed by atoms with Crippen LogP contribution in [0.25, 0.3) is 0 Å². The Morgan fingerprint density at radius 2 is 1.71 bits per heavy atom. The first-order chi connectivity index (χ1) is 11.3. The van der Waals surface area contributed by atoms with E-state index in [1.807, 2.05) is 25.1 Å². The van der Waals surface area contributed by atoms with Crippen LogP contribution in [-0.4, -0.2) is 19.1 Å². The Morgan fingerprint density at radius 1 is 1.04 bits per heavy atom. The Balaban J connectivity index is 2.13. The molecule has 0 heterocycles. The molecule has 0 aliphatic carbocycles. The summed E-state index contributed by atoms with van der Waals surface area (Å²) in [6.07, 6.45) is 0. The van der Waals surface area contributed by atoms with E-state index < -0.39 is 6.04 Å². The number of nitrogens with one attached hydrogen (secondary N) is 2. The predicted molar refractivity (Wildman–Crippen MR) is 101 cm³/mol. The van der Waals surface area contributed by atoms with Gasteiger partial charge in [-0.25, -0.2) is 0 Å². The molecule has 24 heavy (non-hydrogen) atoms. The van der Waals surface area contributed by atoms with Gasteiger partial charge >= 0.3 is 0 Å². The third-order valence-corrected chi connectivity index (χ3v) is 4.42. The Bertz CT molecular complexity index is 766. The molecule has 2 aromatic carbocycles. The molecule has 0 fully saturated rings. The number of carbonyl (C=O) groups is 1. The van der Waals surface area contributed by atoms with Crippen LogP contribution in [0.1, 0.15) is 12.5 Å². The van der Waals surface area contributed by atoms with Crippen LogP contribution < -0.4 is 15.4 Å². The maximum atomic E-state index is 12.4. The van der Waals surface area contributed by atoms with Gasteiger partial charge < -0.3 is 15.4 Å². The molecule has 0 aromatic heterocycles. The summed E-state index contributed by atoms with van der Waals surface area (Å²) in [6.45, 7) is 3.70. The minimum absolute atomic E-state index is 0.265. The lowest BCUT2D eigenvalue weighted by molar-refractivity contribution is -0.116. The van der Waals surface area contributed by atoms with Crippen molar-refractivity contribution in [3.05, 3.63) is 51.0 Å². The zero-order chi connectivity index (χ0) is 17.9. The second-order valence-corrected chi connectivity index (χ2v) is 6.53. The standard InChI is InChI=1S/C17H17Cl3N2O2/c1-9-4-5-16(24-3)15(6-9)21-10(2)17(23)22-14-8-12(19)11(18)7-13(14)20/h4-8,10,21H,1-3H3,(H,22,23)/t10-/m1/s1. The van der Waals surface area contributed by atoms with Crippen LogP contribution in [0.5, 0.6) is 5.75 Å². The van der Waals surface area contributed by atoms with Crippen molar-refractivity contribution in [2.24, 2.45) is 0 Å². The molecule has 0 aliphatic heterocycles. The molecule has 2 rings (SSSR count). The smallest absolute Gasteiger partial charge is 0.246 e. The fourth-order valence-electron chi connectivity index (χ4n) is 2.09. The molecule has 0 saturated heterocycles. The van der Waals surface area contributed by atoms with E-state index in [1.54, 1.807) is 14.0 Å². The number of benzene rings is 2. The molecule has 0 unspecified atom stereocenters. The molecule has 2 N–H and O–H groups in total. The van der Waals surface area contributed by atoms with Gasteiger partial charge in [0.1, 0.15) is 11.8 Å². The predicted octanol–water partition coefficient (Wildman–Crippen LogP) is 5.40. The number of halogens is 3. The summed E-state index contributed by atoms with van der Waals surface area (Å²) in [7, 11) is 1.58. The molecule has 2 aromatic rings. The highest BCUT2D eigenvalue weighted by atomic mass is 35.5. The summed E-state index contributed by atoms with van der Waals surface area (Å²) in [5.41, 5.74) is 2.19. The van der Waals surface area contributed by atoms with Crippen molar-refractivity contribution < 1.29 is 9.53 Å². The summed E-state index contributed by atoms with van der Waals surface area (Å²) < 4.78 is 5.30. The zero-order valence-corrected chi connectivity index (χ0v) is 15.7. The average Bonchev–Trinajstić information content (AvgIpc) is 2.52. The van der Waals surface area contributed by atoms with Crippen molar-refractivity contribution in [1.82, 2.24) is 0 Å². The van der Waals surface area contributed by atoms with Gasteiger partial charge in [-0.3, -0.25) is 4.79 Å². The van der Waals surface area contributed by atoms with Gasteiger partial charge in [0.05, 0.1) is 33.6 Å². The van der Waals surface area contributed by atoms with E-state index in [0.29, 0.717) is 26.5 Å². The van der Waals surface area contributed by atoms with Crippen molar-refractivity contribution in [2.45, 2.75) is 19.9 Å². The molecule has 0 spiro atoms. The van der Waals surface area contributed by atoms with E-state index in [-0.39, 0.29) is 5.91 Å². The van der Waals surface area contributed by atoms with E-state index in [1.165, 1.54) is 12.1 Å². The molecule has 4 nitrogen and oxygen atoms in total. The molecule has 1 amide bonds. The van der Waals surface area contributed by atoms with E-state index >= 15 is 0 Å². The Kier molecular flexibility index (Phi) is 6.21. The number of hydrogen-bond acceptors (Lipinski definition) is 3. The summed E-state index contributed by atoms with van der Waals surface area (Å²) >= 11 is 17.9. The first-order valence-corrected chi connectivity index (χ1v) is 8.31. The number of carbonyl (C=O) groups excluding carboxylic acids is 1. The minimum atomic E-state index is -0.522. The van der Waals surface area contributed by atoms with Gasteiger partial charge in [0.15, 0.2) is 0 Å². The van der Waals surface area contributed by atoms with Gasteiger partial charge in [0, 0.05) is 0 Å². The summed E-state index contributed by atoms with van der Waals surface area (Å²) in [4.78, 5) is 12.4. The quantitative estimate of drug-likeness (QED) is 0.675.